The predicted octanol–water partition coefficient (Wildman–Crippen LogP) is 2.87. The molecule has 0 bridgehead atoms. The molecular weight excluding hydrogens is 292 g/mol. The molecule has 2 aromatic carbocycles. The fraction of sp³-hybridized carbons (Fsp3) is 0.333. The number of hydrogen-bond acceptors (Lipinski definition) is 3. The Morgan fingerprint density at radius 3 is 2.43 bits per heavy atom. The first-order chi connectivity index (χ1) is 11.0. The van der Waals surface area contributed by atoms with Crippen LogP contribution in [0.15, 0.2) is 42.5 Å². The van der Waals surface area contributed by atoms with Gasteiger partial charge < -0.3 is 15.7 Å². The van der Waals surface area contributed by atoms with Gasteiger partial charge in [-0.1, -0.05) is 44.2 Å². The standard InChI is InChI=1S/C18H22N2O3/c1-12(2)11-19-16(18(22)23)10-17(21)20-15-8-7-13-5-3-4-6-14(13)9-15/h3-9,12,16,19H,10-11H2,1-2H3,(H,20,21)(H,22,23). The molecule has 0 aliphatic carbocycles. The molecule has 0 aromatic heterocycles. The number of anilines is 1. The largest absolute Gasteiger partial charge is 0.480 e. The smallest absolute Gasteiger partial charge is 0.321 e. The van der Waals surface area contributed by atoms with Crippen LogP contribution < -0.4 is 10.6 Å². The Kier molecular flexibility index (Phi) is 5.71. The molecule has 3 N–H and O–H groups in total. The molecule has 122 valence electrons. The number of carbonyl (C=O) groups excluding carboxylic acids is 1. The minimum atomic E-state index is -1.01. The number of carboxylic acid groups (broad SMARTS) is 1. The lowest BCUT2D eigenvalue weighted by Crippen LogP contribution is -2.41. The van der Waals surface area contributed by atoms with Crippen LogP contribution in [0.25, 0.3) is 10.8 Å². The van der Waals surface area contributed by atoms with Gasteiger partial charge >= 0.3 is 5.97 Å². The Morgan fingerprint density at radius 2 is 1.78 bits per heavy atom. The predicted molar refractivity (Wildman–Crippen MR) is 91.5 cm³/mol. The van der Waals surface area contributed by atoms with Gasteiger partial charge in [-0.25, -0.2) is 0 Å². The molecule has 5 nitrogen and oxygen atoms in total. The summed E-state index contributed by atoms with van der Waals surface area (Å²) in [4.78, 5) is 23.3. The molecule has 0 saturated heterocycles. The van der Waals surface area contributed by atoms with Crippen molar-refractivity contribution in [2.45, 2.75) is 26.3 Å². The summed E-state index contributed by atoms with van der Waals surface area (Å²) in [5.74, 6) is -1.01. The summed E-state index contributed by atoms with van der Waals surface area (Å²) >= 11 is 0. The summed E-state index contributed by atoms with van der Waals surface area (Å²) in [6.45, 7) is 4.53. The molecule has 0 heterocycles. The van der Waals surface area contributed by atoms with E-state index < -0.39 is 12.0 Å². The minimum absolute atomic E-state index is 0.102. The second kappa shape index (κ2) is 7.74. The van der Waals surface area contributed by atoms with Gasteiger partial charge in [0.1, 0.15) is 6.04 Å². The van der Waals surface area contributed by atoms with E-state index in [2.05, 4.69) is 10.6 Å². The van der Waals surface area contributed by atoms with E-state index in [9.17, 15) is 14.7 Å². The van der Waals surface area contributed by atoms with Gasteiger partial charge in [-0.15, -0.1) is 0 Å². The number of fused-ring (bicyclic) bond motifs is 1. The lowest BCUT2D eigenvalue weighted by atomic mass is 10.1. The molecule has 0 spiro atoms. The minimum Gasteiger partial charge on any atom is -0.480 e. The van der Waals surface area contributed by atoms with Crippen molar-refractivity contribution in [1.29, 1.82) is 0 Å². The van der Waals surface area contributed by atoms with Crippen molar-refractivity contribution < 1.29 is 14.7 Å². The zero-order valence-electron chi connectivity index (χ0n) is 13.4. The molecule has 0 fully saturated rings. The van der Waals surface area contributed by atoms with Crippen LogP contribution in [0.1, 0.15) is 20.3 Å². The highest BCUT2D eigenvalue weighted by atomic mass is 16.4. The van der Waals surface area contributed by atoms with Crippen LogP contribution in [-0.4, -0.2) is 29.6 Å². The second-order valence-corrected chi connectivity index (χ2v) is 6.01. The normalized spacial score (nSPS) is 12.3. The lowest BCUT2D eigenvalue weighted by molar-refractivity contribution is -0.141. The molecule has 2 aromatic rings. The van der Waals surface area contributed by atoms with E-state index in [1.807, 2.05) is 56.3 Å². The molecule has 0 saturated carbocycles. The van der Waals surface area contributed by atoms with Crippen LogP contribution in [0.3, 0.4) is 0 Å². The molecule has 1 amide bonds. The highest BCUT2D eigenvalue weighted by Gasteiger charge is 2.21. The second-order valence-electron chi connectivity index (χ2n) is 6.01. The van der Waals surface area contributed by atoms with Crippen LogP contribution in [0, 0.1) is 5.92 Å². The highest BCUT2D eigenvalue weighted by molar-refractivity contribution is 5.96. The van der Waals surface area contributed by atoms with Crippen molar-refractivity contribution in [2.75, 3.05) is 11.9 Å². The Bertz CT molecular complexity index is 697. The Balaban J connectivity index is 1.99. The maximum atomic E-state index is 12.1. The zero-order valence-corrected chi connectivity index (χ0v) is 13.4. The van der Waals surface area contributed by atoms with Crippen molar-refractivity contribution in [1.82, 2.24) is 5.32 Å². The van der Waals surface area contributed by atoms with Crippen LogP contribution in [0.2, 0.25) is 0 Å². The maximum absolute atomic E-state index is 12.1. The summed E-state index contributed by atoms with van der Waals surface area (Å²) in [6, 6.07) is 12.6. The number of carbonyl (C=O) groups is 2. The van der Waals surface area contributed by atoms with Crippen LogP contribution in [-0.2, 0) is 9.59 Å². The van der Waals surface area contributed by atoms with Crippen molar-refractivity contribution in [2.24, 2.45) is 5.92 Å². The molecule has 0 aliphatic rings. The molecule has 23 heavy (non-hydrogen) atoms. The van der Waals surface area contributed by atoms with E-state index >= 15 is 0 Å². The van der Waals surface area contributed by atoms with Crippen molar-refractivity contribution in [3.05, 3.63) is 42.5 Å². The van der Waals surface area contributed by atoms with Crippen molar-refractivity contribution in [3.8, 4) is 0 Å². The van der Waals surface area contributed by atoms with Crippen LogP contribution in [0.4, 0.5) is 5.69 Å². The van der Waals surface area contributed by atoms with Gasteiger partial charge in [0.2, 0.25) is 5.91 Å². The number of carboxylic acids is 1. The SMILES string of the molecule is CC(C)CNC(CC(=O)Nc1ccc2ccccc2c1)C(=O)O. The number of aliphatic carboxylic acids is 1. The fourth-order valence-corrected chi connectivity index (χ4v) is 2.29. The summed E-state index contributed by atoms with van der Waals surface area (Å²) in [6.07, 6.45) is -0.102. The van der Waals surface area contributed by atoms with E-state index in [1.165, 1.54) is 0 Å². The van der Waals surface area contributed by atoms with E-state index in [4.69, 9.17) is 0 Å². The van der Waals surface area contributed by atoms with E-state index in [1.54, 1.807) is 0 Å². The molecule has 0 radical (unpaired) electrons. The molecule has 1 unspecified atom stereocenters. The van der Waals surface area contributed by atoms with Crippen LogP contribution in [0.5, 0.6) is 0 Å². The molecular formula is C18H22N2O3. The fourth-order valence-electron chi connectivity index (χ4n) is 2.29. The summed E-state index contributed by atoms with van der Waals surface area (Å²) in [7, 11) is 0. The van der Waals surface area contributed by atoms with Gasteiger partial charge in [-0.05, 0) is 35.4 Å². The van der Waals surface area contributed by atoms with Gasteiger partial charge in [0, 0.05) is 5.69 Å². The first kappa shape index (κ1) is 17.0. The first-order valence-electron chi connectivity index (χ1n) is 7.70. The third-order valence-electron chi connectivity index (χ3n) is 3.49. The third-order valence-corrected chi connectivity index (χ3v) is 3.49. The van der Waals surface area contributed by atoms with Gasteiger partial charge in [-0.2, -0.15) is 0 Å². The van der Waals surface area contributed by atoms with Gasteiger partial charge in [0.05, 0.1) is 6.42 Å². The van der Waals surface area contributed by atoms with E-state index in [-0.39, 0.29) is 12.3 Å². The van der Waals surface area contributed by atoms with E-state index in [0.717, 1.165) is 10.8 Å². The van der Waals surface area contributed by atoms with Crippen molar-refractivity contribution in [3.63, 3.8) is 0 Å². The Morgan fingerprint density at radius 1 is 1.09 bits per heavy atom. The topological polar surface area (TPSA) is 78.4 Å². The number of nitrogens with one attached hydrogen (secondary N) is 2. The Hall–Kier alpha value is -2.40. The third kappa shape index (κ3) is 5.07. The number of hydrogen-bond donors (Lipinski definition) is 3. The molecule has 0 aliphatic heterocycles. The number of amides is 1. The average Bonchev–Trinajstić information content (AvgIpc) is 2.50. The first-order valence-corrected chi connectivity index (χ1v) is 7.70. The quantitative estimate of drug-likeness (QED) is 0.734. The summed E-state index contributed by atoms with van der Waals surface area (Å²) in [5, 5.41) is 17.0. The monoisotopic (exact) mass is 314 g/mol. The van der Waals surface area contributed by atoms with Crippen LogP contribution >= 0.6 is 0 Å². The summed E-state index contributed by atoms with van der Waals surface area (Å²) in [5.41, 5.74) is 0.668. The molecule has 1 atom stereocenters. The highest BCUT2D eigenvalue weighted by Crippen LogP contribution is 2.19. The summed E-state index contributed by atoms with van der Waals surface area (Å²) < 4.78 is 0. The van der Waals surface area contributed by atoms with Gasteiger partial charge in [0.15, 0.2) is 0 Å². The van der Waals surface area contributed by atoms with Gasteiger partial charge in [0.25, 0.3) is 0 Å². The number of benzene rings is 2. The zero-order chi connectivity index (χ0) is 16.8. The molecule has 2 rings (SSSR count). The Labute approximate surface area is 135 Å². The number of rotatable bonds is 7. The van der Waals surface area contributed by atoms with Gasteiger partial charge in [-0.3, -0.25) is 9.59 Å². The average molecular weight is 314 g/mol. The van der Waals surface area contributed by atoms with Crippen molar-refractivity contribution >= 4 is 28.3 Å². The molecule has 5 heteroatoms. The van der Waals surface area contributed by atoms with E-state index in [0.29, 0.717) is 18.2 Å². The lowest BCUT2D eigenvalue weighted by Gasteiger charge is -2.16. The maximum Gasteiger partial charge on any atom is 0.321 e.